The summed E-state index contributed by atoms with van der Waals surface area (Å²) in [5.41, 5.74) is 0. The van der Waals surface area contributed by atoms with Crippen LogP contribution in [0.1, 0.15) is 95.5 Å². The highest BCUT2D eigenvalue weighted by molar-refractivity contribution is 5.91. The van der Waals surface area contributed by atoms with Crippen molar-refractivity contribution in [3.8, 4) is 5.95 Å². The third kappa shape index (κ3) is 8.26. The van der Waals surface area contributed by atoms with E-state index in [1.807, 2.05) is 0 Å². The van der Waals surface area contributed by atoms with Crippen molar-refractivity contribution in [2.75, 3.05) is 0 Å². The zero-order valence-electron chi connectivity index (χ0n) is 14.5. The van der Waals surface area contributed by atoms with E-state index in [-0.39, 0.29) is 11.9 Å². The summed E-state index contributed by atoms with van der Waals surface area (Å²) < 4.78 is 11.0. The number of hydrogen-bond acceptors (Lipinski definition) is 3. The van der Waals surface area contributed by atoms with Crippen molar-refractivity contribution in [1.82, 2.24) is 0 Å². The summed E-state index contributed by atoms with van der Waals surface area (Å²) in [4.78, 5) is 11.2. The number of ketones is 1. The Balaban J connectivity index is 2.01. The van der Waals surface area contributed by atoms with Crippen LogP contribution in [-0.2, 0) is 0 Å². The molecule has 1 atom stereocenters. The highest BCUT2D eigenvalue weighted by Crippen LogP contribution is 2.19. The molecule has 3 nitrogen and oxygen atoms in total. The zero-order chi connectivity index (χ0) is 16.2. The number of furan rings is 1. The van der Waals surface area contributed by atoms with Gasteiger partial charge in [0.1, 0.15) is 0 Å². The number of carbonyl (C=O) groups is 1. The van der Waals surface area contributed by atoms with E-state index in [0.717, 1.165) is 6.42 Å². The van der Waals surface area contributed by atoms with Gasteiger partial charge < -0.3 is 9.15 Å². The molecule has 1 unspecified atom stereocenters. The summed E-state index contributed by atoms with van der Waals surface area (Å²) in [6, 6.07) is 3.40. The molecule has 0 spiro atoms. The molecule has 1 rings (SSSR count). The summed E-state index contributed by atoms with van der Waals surface area (Å²) >= 11 is 0. The van der Waals surface area contributed by atoms with Gasteiger partial charge in [-0.05, 0) is 25.8 Å². The van der Waals surface area contributed by atoms with Crippen molar-refractivity contribution in [3.63, 3.8) is 0 Å². The maximum absolute atomic E-state index is 11.2. The van der Waals surface area contributed by atoms with Crippen LogP contribution >= 0.6 is 0 Å². The third-order valence-electron chi connectivity index (χ3n) is 3.96. The Morgan fingerprint density at radius 3 is 2.18 bits per heavy atom. The Morgan fingerprint density at radius 2 is 1.64 bits per heavy atom. The standard InChI is InChI=1S/C19H32O3/c1-4-5-6-7-8-9-10-11-12-13-16(2)21-19-15-14-18(22-19)17(3)20/h14-16H,4-13H2,1-3H3. The maximum Gasteiger partial charge on any atom is 0.285 e. The lowest BCUT2D eigenvalue weighted by Gasteiger charge is -2.12. The van der Waals surface area contributed by atoms with Crippen LogP contribution in [0.5, 0.6) is 5.95 Å². The molecule has 0 saturated heterocycles. The number of carbonyl (C=O) groups excluding carboxylic acids is 1. The molecule has 0 saturated carbocycles. The molecule has 22 heavy (non-hydrogen) atoms. The van der Waals surface area contributed by atoms with Gasteiger partial charge in [-0.2, -0.15) is 0 Å². The van der Waals surface area contributed by atoms with Crippen molar-refractivity contribution in [3.05, 3.63) is 17.9 Å². The topological polar surface area (TPSA) is 39.4 Å². The molecular formula is C19H32O3. The minimum atomic E-state index is -0.0681. The molecule has 0 aliphatic carbocycles. The third-order valence-corrected chi connectivity index (χ3v) is 3.96. The predicted molar refractivity (Wildman–Crippen MR) is 90.6 cm³/mol. The fourth-order valence-electron chi connectivity index (χ4n) is 2.57. The molecule has 0 bridgehead atoms. The number of rotatable bonds is 13. The van der Waals surface area contributed by atoms with Crippen molar-refractivity contribution < 1.29 is 13.9 Å². The highest BCUT2D eigenvalue weighted by atomic mass is 16.6. The van der Waals surface area contributed by atoms with Gasteiger partial charge in [0.25, 0.3) is 5.95 Å². The van der Waals surface area contributed by atoms with Crippen LogP contribution in [-0.4, -0.2) is 11.9 Å². The average Bonchev–Trinajstić information content (AvgIpc) is 2.94. The average molecular weight is 308 g/mol. The summed E-state index contributed by atoms with van der Waals surface area (Å²) in [5, 5.41) is 0. The van der Waals surface area contributed by atoms with E-state index in [2.05, 4.69) is 13.8 Å². The first-order valence-electron chi connectivity index (χ1n) is 8.91. The number of unbranched alkanes of at least 4 members (excludes halogenated alkanes) is 8. The van der Waals surface area contributed by atoms with Gasteiger partial charge >= 0.3 is 0 Å². The molecule has 0 amide bonds. The molecule has 0 N–H and O–H groups in total. The van der Waals surface area contributed by atoms with E-state index >= 15 is 0 Å². The SMILES string of the molecule is CCCCCCCCCCCC(C)Oc1ccc(C(C)=O)o1. The Labute approximate surface area is 135 Å². The van der Waals surface area contributed by atoms with E-state index < -0.39 is 0 Å². The van der Waals surface area contributed by atoms with Crippen molar-refractivity contribution in [1.29, 1.82) is 0 Å². The van der Waals surface area contributed by atoms with Crippen LogP contribution in [0.4, 0.5) is 0 Å². The summed E-state index contributed by atoms with van der Waals surface area (Å²) in [5.74, 6) is 0.750. The molecule has 1 heterocycles. The van der Waals surface area contributed by atoms with Crippen LogP contribution in [0.2, 0.25) is 0 Å². The fraction of sp³-hybridized carbons (Fsp3) is 0.737. The molecule has 1 aromatic heterocycles. The fourth-order valence-corrected chi connectivity index (χ4v) is 2.57. The van der Waals surface area contributed by atoms with E-state index in [1.54, 1.807) is 12.1 Å². The normalized spacial score (nSPS) is 12.3. The van der Waals surface area contributed by atoms with Crippen LogP contribution < -0.4 is 4.74 Å². The molecule has 1 aromatic rings. The van der Waals surface area contributed by atoms with E-state index in [0.29, 0.717) is 11.7 Å². The molecule has 0 aliphatic rings. The van der Waals surface area contributed by atoms with Gasteiger partial charge in [-0.25, -0.2) is 0 Å². The lowest BCUT2D eigenvalue weighted by Crippen LogP contribution is -2.10. The molecular weight excluding hydrogens is 276 g/mol. The van der Waals surface area contributed by atoms with Crippen LogP contribution in [0, 0.1) is 0 Å². The minimum Gasteiger partial charge on any atom is -0.462 e. The second kappa shape index (κ2) is 11.3. The number of Topliss-reactive ketones (excluding diaryl/α,β-unsaturated/α-hetero) is 1. The van der Waals surface area contributed by atoms with Gasteiger partial charge in [-0.15, -0.1) is 0 Å². The smallest absolute Gasteiger partial charge is 0.285 e. The van der Waals surface area contributed by atoms with Crippen LogP contribution in [0.3, 0.4) is 0 Å². The summed E-state index contributed by atoms with van der Waals surface area (Å²) in [6.45, 7) is 5.81. The minimum absolute atomic E-state index is 0.0681. The lowest BCUT2D eigenvalue weighted by molar-refractivity contribution is 0.0967. The first-order valence-corrected chi connectivity index (χ1v) is 8.91. The maximum atomic E-state index is 11.2. The van der Waals surface area contributed by atoms with E-state index in [1.165, 1.54) is 64.7 Å². The van der Waals surface area contributed by atoms with Gasteiger partial charge in [-0.1, -0.05) is 58.3 Å². The molecule has 0 aliphatic heterocycles. The first-order chi connectivity index (χ1) is 10.6. The van der Waals surface area contributed by atoms with Crippen molar-refractivity contribution >= 4 is 5.78 Å². The van der Waals surface area contributed by atoms with Crippen molar-refractivity contribution in [2.45, 2.75) is 91.1 Å². The second-order valence-electron chi connectivity index (χ2n) is 6.22. The zero-order valence-corrected chi connectivity index (χ0v) is 14.5. The monoisotopic (exact) mass is 308 g/mol. The Bertz CT molecular complexity index is 409. The van der Waals surface area contributed by atoms with Crippen molar-refractivity contribution in [2.24, 2.45) is 0 Å². The van der Waals surface area contributed by atoms with Gasteiger partial charge in [0.15, 0.2) is 11.5 Å². The summed E-state index contributed by atoms with van der Waals surface area (Å²) in [7, 11) is 0. The van der Waals surface area contributed by atoms with Gasteiger partial charge in [0.2, 0.25) is 0 Å². The molecule has 0 radical (unpaired) electrons. The van der Waals surface area contributed by atoms with Crippen LogP contribution in [0.25, 0.3) is 0 Å². The quantitative estimate of drug-likeness (QED) is 0.323. The number of ether oxygens (including phenoxy) is 1. The summed E-state index contributed by atoms with van der Waals surface area (Å²) in [6.07, 6.45) is 13.2. The molecule has 0 fully saturated rings. The second-order valence-corrected chi connectivity index (χ2v) is 6.22. The highest BCUT2D eigenvalue weighted by Gasteiger charge is 2.10. The van der Waals surface area contributed by atoms with Gasteiger partial charge in [0.05, 0.1) is 6.10 Å². The van der Waals surface area contributed by atoms with Gasteiger partial charge in [0, 0.05) is 13.0 Å². The lowest BCUT2D eigenvalue weighted by atomic mass is 10.1. The van der Waals surface area contributed by atoms with E-state index in [4.69, 9.17) is 9.15 Å². The number of hydrogen-bond donors (Lipinski definition) is 0. The van der Waals surface area contributed by atoms with E-state index in [9.17, 15) is 4.79 Å². The molecule has 0 aromatic carbocycles. The Morgan fingerprint density at radius 1 is 1.05 bits per heavy atom. The van der Waals surface area contributed by atoms with Crippen LogP contribution in [0.15, 0.2) is 16.5 Å². The largest absolute Gasteiger partial charge is 0.462 e. The molecule has 3 heteroatoms. The van der Waals surface area contributed by atoms with Gasteiger partial charge in [-0.3, -0.25) is 4.79 Å². The first kappa shape index (κ1) is 18.8. The Hall–Kier alpha value is -1.25. The molecule has 126 valence electrons. The Kier molecular flexibility index (Phi) is 9.69. The predicted octanol–water partition coefficient (Wildman–Crippen LogP) is 6.17.